The number of hydrogen-bond acceptors (Lipinski definition) is 4. The molecule has 1 aliphatic rings. The largest absolute Gasteiger partial charge is 0.477 e. The summed E-state index contributed by atoms with van der Waals surface area (Å²) in [6, 6.07) is 1.71. The molecule has 1 amide bonds. The van der Waals surface area contributed by atoms with Gasteiger partial charge in [-0.1, -0.05) is 0 Å². The number of anilines is 1. The van der Waals surface area contributed by atoms with Gasteiger partial charge in [0.25, 0.3) is 0 Å². The van der Waals surface area contributed by atoms with Gasteiger partial charge >= 0.3 is 5.97 Å². The molecular weight excluding hydrogens is 264 g/mol. The van der Waals surface area contributed by atoms with E-state index in [9.17, 15) is 9.59 Å². The van der Waals surface area contributed by atoms with Gasteiger partial charge in [0.15, 0.2) is 0 Å². The Balaban J connectivity index is 1.84. The van der Waals surface area contributed by atoms with Gasteiger partial charge in [-0.05, 0) is 44.5 Å². The van der Waals surface area contributed by atoms with Crippen LogP contribution < -0.4 is 5.32 Å². The molecule has 104 valence electrons. The number of nitrogens with one attached hydrogen (secondary N) is 1. The minimum Gasteiger partial charge on any atom is -0.477 e. The summed E-state index contributed by atoms with van der Waals surface area (Å²) in [5.74, 6) is -0.995. The fourth-order valence-electron chi connectivity index (χ4n) is 2.22. The molecule has 0 unspecified atom stereocenters. The highest BCUT2D eigenvalue weighted by molar-refractivity contribution is 7.18. The molecule has 1 aliphatic heterocycles. The summed E-state index contributed by atoms with van der Waals surface area (Å²) in [5, 5.41) is 12.3. The molecule has 0 aliphatic carbocycles. The number of aryl methyl sites for hydroxylation is 1. The van der Waals surface area contributed by atoms with Crippen molar-refractivity contribution >= 4 is 28.2 Å². The molecule has 2 N–H and O–H groups in total. The minimum atomic E-state index is -0.944. The number of carboxylic acids is 1. The van der Waals surface area contributed by atoms with Gasteiger partial charge in [0, 0.05) is 13.0 Å². The van der Waals surface area contributed by atoms with Crippen molar-refractivity contribution in [3.05, 3.63) is 16.5 Å². The molecule has 0 atom stereocenters. The van der Waals surface area contributed by atoms with Crippen molar-refractivity contribution in [1.29, 1.82) is 0 Å². The quantitative estimate of drug-likeness (QED) is 0.868. The van der Waals surface area contributed by atoms with E-state index < -0.39 is 5.97 Å². The van der Waals surface area contributed by atoms with E-state index in [1.54, 1.807) is 13.0 Å². The van der Waals surface area contributed by atoms with Crippen LogP contribution in [-0.4, -0.2) is 41.5 Å². The lowest BCUT2D eigenvalue weighted by Crippen LogP contribution is -2.24. The Bertz CT molecular complexity index is 478. The number of carbonyl (C=O) groups is 2. The molecule has 1 saturated heterocycles. The summed E-state index contributed by atoms with van der Waals surface area (Å²) < 4.78 is 0. The van der Waals surface area contributed by atoms with E-state index in [0.29, 0.717) is 17.0 Å². The maximum Gasteiger partial charge on any atom is 0.346 e. The number of carboxylic acid groups (broad SMARTS) is 1. The summed E-state index contributed by atoms with van der Waals surface area (Å²) >= 11 is 1.11. The molecule has 5 nitrogen and oxygen atoms in total. The molecular formula is C13H18N2O3S. The first kappa shape index (κ1) is 14.0. The average molecular weight is 282 g/mol. The van der Waals surface area contributed by atoms with E-state index in [1.165, 1.54) is 12.8 Å². The number of hydrogen-bond donors (Lipinski definition) is 2. The van der Waals surface area contributed by atoms with E-state index in [4.69, 9.17) is 5.11 Å². The second-order valence-corrected chi connectivity index (χ2v) is 5.83. The lowest BCUT2D eigenvalue weighted by atomic mass is 10.3. The molecule has 1 aromatic heterocycles. The summed E-state index contributed by atoms with van der Waals surface area (Å²) in [6.45, 7) is 4.67. The molecule has 0 bridgehead atoms. The van der Waals surface area contributed by atoms with Crippen molar-refractivity contribution in [2.75, 3.05) is 25.0 Å². The maximum atomic E-state index is 11.8. The number of likely N-dealkylation sites (tertiary alicyclic amines) is 1. The van der Waals surface area contributed by atoms with Crippen LogP contribution in [0.3, 0.4) is 0 Å². The van der Waals surface area contributed by atoms with E-state index in [1.807, 2.05) is 0 Å². The van der Waals surface area contributed by atoms with Crippen LogP contribution in [-0.2, 0) is 4.79 Å². The van der Waals surface area contributed by atoms with Crippen LogP contribution >= 0.6 is 11.3 Å². The van der Waals surface area contributed by atoms with Crippen LogP contribution in [0.25, 0.3) is 0 Å². The fourth-order valence-corrected chi connectivity index (χ4v) is 3.15. The van der Waals surface area contributed by atoms with Crippen LogP contribution in [0.2, 0.25) is 0 Å². The highest BCUT2D eigenvalue weighted by atomic mass is 32.1. The zero-order valence-electron chi connectivity index (χ0n) is 10.9. The van der Waals surface area contributed by atoms with Crippen LogP contribution in [0, 0.1) is 6.92 Å². The van der Waals surface area contributed by atoms with Gasteiger partial charge in [-0.15, -0.1) is 11.3 Å². The first-order valence-electron chi connectivity index (χ1n) is 6.42. The normalized spacial score (nSPS) is 15.6. The standard InChI is InChI=1S/C13H18N2O3S/c1-9-8-11(19-12(9)13(17)18)14-10(16)4-7-15-5-2-3-6-15/h8H,2-7H2,1H3,(H,14,16)(H,17,18). The minimum absolute atomic E-state index is 0.0508. The highest BCUT2D eigenvalue weighted by Crippen LogP contribution is 2.26. The van der Waals surface area contributed by atoms with Gasteiger partial charge in [-0.25, -0.2) is 4.79 Å². The summed E-state index contributed by atoms with van der Waals surface area (Å²) in [6.07, 6.45) is 2.89. The first-order valence-corrected chi connectivity index (χ1v) is 7.24. The maximum absolute atomic E-state index is 11.8. The van der Waals surface area contributed by atoms with Crippen LogP contribution in [0.1, 0.15) is 34.5 Å². The Kier molecular flexibility index (Phi) is 4.55. The third-order valence-electron chi connectivity index (χ3n) is 3.23. The molecule has 0 aromatic carbocycles. The monoisotopic (exact) mass is 282 g/mol. The molecule has 19 heavy (non-hydrogen) atoms. The van der Waals surface area contributed by atoms with Crippen LogP contribution in [0.15, 0.2) is 6.07 Å². The summed E-state index contributed by atoms with van der Waals surface area (Å²) in [4.78, 5) is 25.3. The first-order chi connectivity index (χ1) is 9.06. The average Bonchev–Trinajstić information content (AvgIpc) is 2.96. The van der Waals surface area contributed by atoms with Crippen molar-refractivity contribution in [2.24, 2.45) is 0 Å². The number of thiophene rings is 1. The highest BCUT2D eigenvalue weighted by Gasteiger charge is 2.15. The second kappa shape index (κ2) is 6.16. The van der Waals surface area contributed by atoms with E-state index in [-0.39, 0.29) is 10.8 Å². The number of rotatable bonds is 5. The Morgan fingerprint density at radius 2 is 2.11 bits per heavy atom. The van der Waals surface area contributed by atoms with E-state index >= 15 is 0 Å². The van der Waals surface area contributed by atoms with Crippen molar-refractivity contribution in [2.45, 2.75) is 26.2 Å². The van der Waals surface area contributed by atoms with Gasteiger partial charge in [-0.2, -0.15) is 0 Å². The number of carbonyl (C=O) groups excluding carboxylic acids is 1. The van der Waals surface area contributed by atoms with Gasteiger partial charge in [-0.3, -0.25) is 4.79 Å². The number of amides is 1. The van der Waals surface area contributed by atoms with Gasteiger partial charge in [0.2, 0.25) is 5.91 Å². The van der Waals surface area contributed by atoms with Crippen molar-refractivity contribution in [3.63, 3.8) is 0 Å². The van der Waals surface area contributed by atoms with E-state index in [2.05, 4.69) is 10.2 Å². The zero-order chi connectivity index (χ0) is 13.8. The van der Waals surface area contributed by atoms with Gasteiger partial charge in [0.1, 0.15) is 4.88 Å². The Morgan fingerprint density at radius 3 is 2.68 bits per heavy atom. The zero-order valence-corrected chi connectivity index (χ0v) is 11.8. The third-order valence-corrected chi connectivity index (χ3v) is 4.37. The predicted octanol–water partition coefficient (Wildman–Crippen LogP) is 2.18. The molecule has 0 radical (unpaired) electrons. The topological polar surface area (TPSA) is 69.6 Å². The number of aromatic carboxylic acids is 1. The van der Waals surface area contributed by atoms with Crippen molar-refractivity contribution in [1.82, 2.24) is 4.90 Å². The molecule has 2 rings (SSSR count). The Labute approximate surface area is 116 Å². The van der Waals surface area contributed by atoms with Gasteiger partial charge in [0.05, 0.1) is 5.00 Å². The molecule has 0 saturated carbocycles. The Hall–Kier alpha value is -1.40. The van der Waals surface area contributed by atoms with Crippen LogP contribution in [0.5, 0.6) is 0 Å². The lowest BCUT2D eigenvalue weighted by Gasteiger charge is -2.13. The molecule has 6 heteroatoms. The molecule has 1 fully saturated rings. The summed E-state index contributed by atoms with van der Waals surface area (Å²) in [5.41, 5.74) is 0.687. The van der Waals surface area contributed by atoms with Crippen molar-refractivity contribution < 1.29 is 14.7 Å². The molecule has 1 aromatic rings. The summed E-state index contributed by atoms with van der Waals surface area (Å²) in [7, 11) is 0. The van der Waals surface area contributed by atoms with Crippen LogP contribution in [0.4, 0.5) is 5.00 Å². The smallest absolute Gasteiger partial charge is 0.346 e. The second-order valence-electron chi connectivity index (χ2n) is 4.77. The predicted molar refractivity (Wildman–Crippen MR) is 74.9 cm³/mol. The lowest BCUT2D eigenvalue weighted by molar-refractivity contribution is -0.116. The van der Waals surface area contributed by atoms with Crippen molar-refractivity contribution in [3.8, 4) is 0 Å². The SMILES string of the molecule is Cc1cc(NC(=O)CCN2CCCC2)sc1C(=O)O. The Morgan fingerprint density at radius 1 is 1.42 bits per heavy atom. The molecule has 2 heterocycles. The molecule has 0 spiro atoms. The third kappa shape index (κ3) is 3.78. The van der Waals surface area contributed by atoms with E-state index in [0.717, 1.165) is 31.0 Å². The van der Waals surface area contributed by atoms with Gasteiger partial charge < -0.3 is 15.3 Å². The number of nitrogens with zero attached hydrogens (tertiary/aromatic N) is 1. The fraction of sp³-hybridized carbons (Fsp3) is 0.538.